The van der Waals surface area contributed by atoms with E-state index in [1.54, 1.807) is 0 Å². The number of allylic oxidation sites excluding steroid dienone is 4. The maximum absolute atomic E-state index is 10.3. The Bertz CT molecular complexity index is 712. The molecule has 0 aromatic rings. The fourth-order valence-electron chi connectivity index (χ4n) is 6.86. The van der Waals surface area contributed by atoms with Gasteiger partial charge in [0.15, 0.2) is 0 Å². The van der Waals surface area contributed by atoms with Crippen LogP contribution in [0.2, 0.25) is 0 Å². The molecule has 0 bridgehead atoms. The summed E-state index contributed by atoms with van der Waals surface area (Å²) in [6.07, 6.45) is 12.7. The molecule has 0 amide bonds. The molecule has 7 atom stereocenters. The van der Waals surface area contributed by atoms with Crippen LogP contribution in [0.3, 0.4) is 0 Å². The standard InChI is InChI=1S/C28H46O3/c1-18-13-15-28(6)24(19(2)8-7-14-27(4,5)31)11-12-25(28)23(18)10-9-21-16-22(29)17-26(30)20(21)3/h9-10,19-20,22,24-26,29-31H,1,7-8,11-17H2,2-6H3/b21-9-,23-10-/t19?,20-,22-,24?,25?,26+,28?/m1/s1. The van der Waals surface area contributed by atoms with Gasteiger partial charge in [-0.15, -0.1) is 0 Å². The molecule has 3 rings (SSSR count). The van der Waals surface area contributed by atoms with Crippen LogP contribution in [0.4, 0.5) is 0 Å². The summed E-state index contributed by atoms with van der Waals surface area (Å²) in [6, 6.07) is 0. The van der Waals surface area contributed by atoms with Crippen molar-refractivity contribution in [1.82, 2.24) is 0 Å². The van der Waals surface area contributed by atoms with E-state index in [2.05, 4.69) is 39.5 Å². The largest absolute Gasteiger partial charge is 0.393 e. The molecule has 31 heavy (non-hydrogen) atoms. The molecule has 176 valence electrons. The van der Waals surface area contributed by atoms with Gasteiger partial charge in [0.05, 0.1) is 17.8 Å². The normalized spacial score (nSPS) is 40.4. The summed E-state index contributed by atoms with van der Waals surface area (Å²) in [5.41, 5.74) is 3.60. The van der Waals surface area contributed by atoms with Gasteiger partial charge in [0.25, 0.3) is 0 Å². The summed E-state index contributed by atoms with van der Waals surface area (Å²) in [7, 11) is 0. The smallest absolute Gasteiger partial charge is 0.0627 e. The Hall–Kier alpha value is -0.900. The lowest BCUT2D eigenvalue weighted by Crippen LogP contribution is -2.36. The first-order valence-corrected chi connectivity index (χ1v) is 12.6. The quantitative estimate of drug-likeness (QED) is 0.488. The topological polar surface area (TPSA) is 60.7 Å². The Morgan fingerprint density at radius 2 is 1.94 bits per heavy atom. The second-order valence-electron chi connectivity index (χ2n) is 11.8. The van der Waals surface area contributed by atoms with Gasteiger partial charge in [-0.05, 0) is 81.1 Å². The zero-order valence-corrected chi connectivity index (χ0v) is 20.5. The zero-order chi connectivity index (χ0) is 23.0. The monoisotopic (exact) mass is 430 g/mol. The van der Waals surface area contributed by atoms with Gasteiger partial charge in [0, 0.05) is 12.3 Å². The molecule has 3 N–H and O–H groups in total. The van der Waals surface area contributed by atoms with Crippen molar-refractivity contribution in [2.24, 2.45) is 29.1 Å². The van der Waals surface area contributed by atoms with E-state index in [4.69, 9.17) is 0 Å². The van der Waals surface area contributed by atoms with E-state index in [0.717, 1.165) is 30.8 Å². The molecular weight excluding hydrogens is 384 g/mol. The van der Waals surface area contributed by atoms with Gasteiger partial charge in [0.2, 0.25) is 0 Å². The highest BCUT2D eigenvalue weighted by Gasteiger charge is 2.51. The Balaban J connectivity index is 1.75. The molecule has 3 nitrogen and oxygen atoms in total. The Kier molecular flexibility index (Phi) is 7.61. The molecule has 0 heterocycles. The fraction of sp³-hybridized carbons (Fsp3) is 0.786. The van der Waals surface area contributed by atoms with Gasteiger partial charge in [-0.1, -0.05) is 63.5 Å². The van der Waals surface area contributed by atoms with Gasteiger partial charge >= 0.3 is 0 Å². The summed E-state index contributed by atoms with van der Waals surface area (Å²) in [5, 5.41) is 30.4. The molecule has 3 saturated carbocycles. The van der Waals surface area contributed by atoms with Crippen molar-refractivity contribution in [3.05, 3.63) is 35.5 Å². The van der Waals surface area contributed by atoms with Crippen LogP contribution in [-0.2, 0) is 0 Å². The van der Waals surface area contributed by atoms with Crippen molar-refractivity contribution in [2.75, 3.05) is 0 Å². The van der Waals surface area contributed by atoms with Crippen LogP contribution >= 0.6 is 0 Å². The van der Waals surface area contributed by atoms with Crippen molar-refractivity contribution >= 4 is 0 Å². The van der Waals surface area contributed by atoms with Crippen molar-refractivity contribution in [3.63, 3.8) is 0 Å². The second kappa shape index (κ2) is 9.53. The van der Waals surface area contributed by atoms with Crippen LogP contribution in [0.5, 0.6) is 0 Å². The molecule has 0 aliphatic heterocycles. The predicted octanol–water partition coefficient (Wildman–Crippen LogP) is 5.95. The molecule has 0 saturated heterocycles. The Morgan fingerprint density at radius 1 is 1.23 bits per heavy atom. The van der Waals surface area contributed by atoms with E-state index in [1.807, 2.05) is 13.8 Å². The first-order valence-electron chi connectivity index (χ1n) is 12.6. The predicted molar refractivity (Wildman–Crippen MR) is 129 cm³/mol. The lowest BCUT2D eigenvalue weighted by molar-refractivity contribution is 0.0333. The van der Waals surface area contributed by atoms with E-state index in [-0.39, 0.29) is 5.92 Å². The summed E-state index contributed by atoms with van der Waals surface area (Å²) < 4.78 is 0. The van der Waals surface area contributed by atoms with Crippen LogP contribution in [-0.4, -0.2) is 33.1 Å². The second-order valence-corrected chi connectivity index (χ2v) is 11.8. The molecule has 3 aliphatic rings. The highest BCUT2D eigenvalue weighted by Crippen LogP contribution is 2.60. The number of hydrogen-bond donors (Lipinski definition) is 3. The fourth-order valence-corrected chi connectivity index (χ4v) is 6.86. The van der Waals surface area contributed by atoms with Crippen LogP contribution in [0.25, 0.3) is 0 Å². The first kappa shape index (κ1) is 24.7. The van der Waals surface area contributed by atoms with E-state index < -0.39 is 17.8 Å². The van der Waals surface area contributed by atoms with E-state index in [1.165, 1.54) is 36.8 Å². The van der Waals surface area contributed by atoms with Gasteiger partial charge < -0.3 is 15.3 Å². The van der Waals surface area contributed by atoms with Crippen LogP contribution < -0.4 is 0 Å². The number of rotatable bonds is 6. The summed E-state index contributed by atoms with van der Waals surface area (Å²) >= 11 is 0. The van der Waals surface area contributed by atoms with Gasteiger partial charge in [-0.2, -0.15) is 0 Å². The number of aliphatic hydroxyl groups is 3. The molecular formula is C28H46O3. The minimum Gasteiger partial charge on any atom is -0.393 e. The average Bonchev–Trinajstić information content (AvgIpc) is 3.01. The molecule has 3 fully saturated rings. The van der Waals surface area contributed by atoms with Crippen LogP contribution in [0, 0.1) is 29.1 Å². The maximum atomic E-state index is 10.3. The third kappa shape index (κ3) is 5.54. The molecule has 0 aromatic heterocycles. The van der Waals surface area contributed by atoms with Gasteiger partial charge in [-0.25, -0.2) is 0 Å². The van der Waals surface area contributed by atoms with E-state index in [0.29, 0.717) is 30.1 Å². The molecule has 3 aliphatic carbocycles. The number of aliphatic hydroxyl groups excluding tert-OH is 2. The first-order chi connectivity index (χ1) is 14.4. The minimum atomic E-state index is -0.564. The third-order valence-corrected chi connectivity index (χ3v) is 8.92. The molecule has 4 unspecified atom stereocenters. The lowest BCUT2D eigenvalue weighted by Gasteiger charge is -2.45. The van der Waals surface area contributed by atoms with Crippen molar-refractivity contribution in [2.45, 2.75) is 110 Å². The van der Waals surface area contributed by atoms with E-state index >= 15 is 0 Å². The maximum Gasteiger partial charge on any atom is 0.0627 e. The molecule has 0 spiro atoms. The lowest BCUT2D eigenvalue weighted by atomic mass is 9.59. The van der Waals surface area contributed by atoms with Gasteiger partial charge in [0.1, 0.15) is 0 Å². The third-order valence-electron chi connectivity index (χ3n) is 8.92. The van der Waals surface area contributed by atoms with Crippen molar-refractivity contribution in [3.8, 4) is 0 Å². The van der Waals surface area contributed by atoms with Crippen LogP contribution in [0.1, 0.15) is 92.4 Å². The average molecular weight is 431 g/mol. The number of hydrogen-bond acceptors (Lipinski definition) is 3. The number of fused-ring (bicyclic) bond motifs is 1. The summed E-state index contributed by atoms with van der Waals surface area (Å²) in [4.78, 5) is 0. The van der Waals surface area contributed by atoms with Gasteiger partial charge in [-0.3, -0.25) is 0 Å². The summed E-state index contributed by atoms with van der Waals surface area (Å²) in [6.45, 7) is 15.2. The Labute approximate surface area is 190 Å². The molecule has 0 aromatic carbocycles. The summed E-state index contributed by atoms with van der Waals surface area (Å²) in [5.74, 6) is 2.06. The highest BCUT2D eigenvalue weighted by atomic mass is 16.3. The van der Waals surface area contributed by atoms with E-state index in [9.17, 15) is 15.3 Å². The molecule has 0 radical (unpaired) electrons. The Morgan fingerprint density at radius 3 is 2.61 bits per heavy atom. The van der Waals surface area contributed by atoms with Crippen LogP contribution in [0.15, 0.2) is 35.5 Å². The SMILES string of the molecule is C=C1CCC2(C)C(CCC2C(C)CCCC(C)(C)O)/C1=C\C=C1\C[C@@H](O)C[C@H](O)[C@@H]1C. The minimum absolute atomic E-state index is 0.107. The van der Waals surface area contributed by atoms with Crippen molar-refractivity contribution in [1.29, 1.82) is 0 Å². The zero-order valence-electron chi connectivity index (χ0n) is 20.5. The highest BCUT2D eigenvalue weighted by molar-refractivity contribution is 5.40. The molecule has 3 heteroatoms. The van der Waals surface area contributed by atoms with Crippen molar-refractivity contribution < 1.29 is 15.3 Å².